The lowest BCUT2D eigenvalue weighted by Gasteiger charge is -2.37. The van der Waals surface area contributed by atoms with Gasteiger partial charge in [0, 0.05) is 31.9 Å². The second-order valence-electron chi connectivity index (χ2n) is 7.17. The standard InChI is InChI=1S/C19H27FN4O2/c1-14(19(26)22-17-4-2-3-16(20)11-17)23-7-9-24(10-8-23)18(25)13-21-12-15-5-6-15/h2-4,11,14-15,21H,5-10,12-13H2,1H3,(H,22,26). The van der Waals surface area contributed by atoms with E-state index in [0.717, 1.165) is 12.5 Å². The first-order chi connectivity index (χ1) is 12.5. The summed E-state index contributed by atoms with van der Waals surface area (Å²) in [4.78, 5) is 28.5. The minimum atomic E-state index is -0.377. The summed E-state index contributed by atoms with van der Waals surface area (Å²) in [6, 6.07) is 5.55. The van der Waals surface area contributed by atoms with Crippen LogP contribution in [0.5, 0.6) is 0 Å². The van der Waals surface area contributed by atoms with Crippen molar-refractivity contribution in [3.63, 3.8) is 0 Å². The summed E-state index contributed by atoms with van der Waals surface area (Å²) >= 11 is 0. The summed E-state index contributed by atoms with van der Waals surface area (Å²) in [7, 11) is 0. The molecule has 142 valence electrons. The number of anilines is 1. The molecule has 1 aromatic carbocycles. The summed E-state index contributed by atoms with van der Waals surface area (Å²) in [6.07, 6.45) is 2.55. The molecule has 0 radical (unpaired) electrons. The lowest BCUT2D eigenvalue weighted by atomic mass is 10.2. The van der Waals surface area contributed by atoms with Crippen molar-refractivity contribution >= 4 is 17.5 Å². The van der Waals surface area contributed by atoms with Crippen LogP contribution in [0.1, 0.15) is 19.8 Å². The number of hydrogen-bond acceptors (Lipinski definition) is 4. The Labute approximate surface area is 153 Å². The van der Waals surface area contributed by atoms with E-state index < -0.39 is 0 Å². The highest BCUT2D eigenvalue weighted by molar-refractivity contribution is 5.94. The van der Waals surface area contributed by atoms with Crippen LogP contribution in [-0.2, 0) is 9.59 Å². The van der Waals surface area contributed by atoms with Gasteiger partial charge in [-0.25, -0.2) is 4.39 Å². The highest BCUT2D eigenvalue weighted by Gasteiger charge is 2.28. The third-order valence-electron chi connectivity index (χ3n) is 5.09. The van der Waals surface area contributed by atoms with Crippen molar-refractivity contribution in [2.45, 2.75) is 25.8 Å². The minimum Gasteiger partial charge on any atom is -0.339 e. The molecule has 0 aromatic heterocycles. The van der Waals surface area contributed by atoms with Gasteiger partial charge in [-0.3, -0.25) is 14.5 Å². The number of benzene rings is 1. The monoisotopic (exact) mass is 362 g/mol. The van der Waals surface area contributed by atoms with Crippen molar-refractivity contribution in [1.82, 2.24) is 15.1 Å². The average Bonchev–Trinajstić information content (AvgIpc) is 3.45. The Kier molecular flexibility index (Phi) is 6.21. The maximum Gasteiger partial charge on any atom is 0.241 e. The van der Waals surface area contributed by atoms with Gasteiger partial charge in [0.2, 0.25) is 11.8 Å². The summed E-state index contributed by atoms with van der Waals surface area (Å²) in [5.41, 5.74) is 0.456. The summed E-state index contributed by atoms with van der Waals surface area (Å²) in [5.74, 6) is 0.346. The van der Waals surface area contributed by atoms with Gasteiger partial charge in [0.05, 0.1) is 12.6 Å². The number of amides is 2. The number of piperazine rings is 1. The van der Waals surface area contributed by atoms with E-state index >= 15 is 0 Å². The molecule has 1 heterocycles. The summed E-state index contributed by atoms with van der Waals surface area (Å²) in [5, 5.41) is 5.98. The van der Waals surface area contributed by atoms with E-state index in [0.29, 0.717) is 38.4 Å². The second kappa shape index (κ2) is 8.60. The van der Waals surface area contributed by atoms with Crippen molar-refractivity contribution in [1.29, 1.82) is 0 Å². The molecule has 1 unspecified atom stereocenters. The van der Waals surface area contributed by atoms with Crippen molar-refractivity contribution in [2.24, 2.45) is 5.92 Å². The van der Waals surface area contributed by atoms with Gasteiger partial charge in [0.1, 0.15) is 5.82 Å². The fourth-order valence-electron chi connectivity index (χ4n) is 3.15. The van der Waals surface area contributed by atoms with E-state index in [4.69, 9.17) is 0 Å². The molecule has 1 saturated heterocycles. The molecule has 1 aliphatic heterocycles. The van der Waals surface area contributed by atoms with E-state index in [1.54, 1.807) is 12.1 Å². The molecule has 2 N–H and O–H groups in total. The third kappa shape index (κ3) is 5.25. The van der Waals surface area contributed by atoms with Crippen LogP contribution in [0.4, 0.5) is 10.1 Å². The van der Waals surface area contributed by atoms with E-state index in [1.165, 1.54) is 25.0 Å². The lowest BCUT2D eigenvalue weighted by Crippen LogP contribution is -2.55. The van der Waals surface area contributed by atoms with Gasteiger partial charge < -0.3 is 15.5 Å². The molecule has 2 fully saturated rings. The van der Waals surface area contributed by atoms with Crippen LogP contribution < -0.4 is 10.6 Å². The van der Waals surface area contributed by atoms with Gasteiger partial charge >= 0.3 is 0 Å². The topological polar surface area (TPSA) is 64.7 Å². The Morgan fingerprint density at radius 2 is 1.96 bits per heavy atom. The number of rotatable bonds is 7. The van der Waals surface area contributed by atoms with Crippen molar-refractivity contribution in [3.05, 3.63) is 30.1 Å². The number of carbonyl (C=O) groups excluding carboxylic acids is 2. The molecule has 1 saturated carbocycles. The lowest BCUT2D eigenvalue weighted by molar-refractivity contribution is -0.132. The zero-order chi connectivity index (χ0) is 18.5. The maximum absolute atomic E-state index is 13.2. The van der Waals surface area contributed by atoms with Gasteiger partial charge in [-0.1, -0.05) is 6.07 Å². The van der Waals surface area contributed by atoms with Crippen LogP contribution >= 0.6 is 0 Å². The molecule has 1 aliphatic carbocycles. The maximum atomic E-state index is 13.2. The van der Waals surface area contributed by atoms with E-state index in [2.05, 4.69) is 15.5 Å². The molecular formula is C19H27FN4O2. The van der Waals surface area contributed by atoms with Gasteiger partial charge in [-0.2, -0.15) is 0 Å². The van der Waals surface area contributed by atoms with Crippen LogP contribution in [0.25, 0.3) is 0 Å². The third-order valence-corrected chi connectivity index (χ3v) is 5.09. The first kappa shape index (κ1) is 18.8. The van der Waals surface area contributed by atoms with E-state index in [-0.39, 0.29) is 23.7 Å². The first-order valence-electron chi connectivity index (χ1n) is 9.32. The van der Waals surface area contributed by atoms with Crippen molar-refractivity contribution in [3.8, 4) is 0 Å². The van der Waals surface area contributed by atoms with Gasteiger partial charge in [0.15, 0.2) is 0 Å². The van der Waals surface area contributed by atoms with Crippen LogP contribution in [0.2, 0.25) is 0 Å². The van der Waals surface area contributed by atoms with E-state index in [9.17, 15) is 14.0 Å². The quantitative estimate of drug-likeness (QED) is 0.767. The van der Waals surface area contributed by atoms with Crippen LogP contribution in [0, 0.1) is 11.7 Å². The minimum absolute atomic E-state index is 0.127. The van der Waals surface area contributed by atoms with Crippen LogP contribution in [0.3, 0.4) is 0 Å². The molecule has 2 amide bonds. The highest BCUT2D eigenvalue weighted by Crippen LogP contribution is 2.27. The normalized spacial score (nSPS) is 19.2. The molecule has 26 heavy (non-hydrogen) atoms. The summed E-state index contributed by atoms with van der Waals surface area (Å²) in [6.45, 7) is 5.74. The number of carbonyl (C=O) groups is 2. The predicted octanol–water partition coefficient (Wildman–Crippen LogP) is 1.30. The molecule has 3 rings (SSSR count). The fraction of sp³-hybridized carbons (Fsp3) is 0.579. The molecule has 6 nitrogen and oxygen atoms in total. The van der Waals surface area contributed by atoms with Crippen molar-refractivity contribution in [2.75, 3.05) is 44.6 Å². The largest absolute Gasteiger partial charge is 0.339 e. The number of nitrogens with zero attached hydrogens (tertiary/aromatic N) is 2. The first-order valence-corrected chi connectivity index (χ1v) is 9.32. The smallest absolute Gasteiger partial charge is 0.241 e. The molecule has 1 aromatic rings. The number of halogens is 1. The Morgan fingerprint density at radius 1 is 1.23 bits per heavy atom. The Hall–Kier alpha value is -1.99. The van der Waals surface area contributed by atoms with Crippen LogP contribution in [0.15, 0.2) is 24.3 Å². The van der Waals surface area contributed by atoms with Crippen LogP contribution in [-0.4, -0.2) is 66.9 Å². The molecule has 0 bridgehead atoms. The molecule has 2 aliphatic rings. The van der Waals surface area contributed by atoms with Gasteiger partial charge in [-0.15, -0.1) is 0 Å². The zero-order valence-electron chi connectivity index (χ0n) is 15.2. The SMILES string of the molecule is CC(C(=O)Nc1cccc(F)c1)N1CCN(C(=O)CNCC2CC2)CC1. The van der Waals surface area contributed by atoms with Gasteiger partial charge in [0.25, 0.3) is 0 Å². The molecular weight excluding hydrogens is 335 g/mol. The van der Waals surface area contributed by atoms with Gasteiger partial charge in [-0.05, 0) is 50.4 Å². The molecule has 7 heteroatoms. The number of hydrogen-bond donors (Lipinski definition) is 2. The fourth-order valence-corrected chi connectivity index (χ4v) is 3.15. The summed E-state index contributed by atoms with van der Waals surface area (Å²) < 4.78 is 13.2. The van der Waals surface area contributed by atoms with E-state index in [1.807, 2.05) is 11.8 Å². The Balaban J connectivity index is 1.41. The Bertz CT molecular complexity index is 642. The average molecular weight is 362 g/mol. The second-order valence-corrected chi connectivity index (χ2v) is 7.17. The predicted molar refractivity (Wildman–Crippen MR) is 98.2 cm³/mol. The number of nitrogens with one attached hydrogen (secondary N) is 2. The van der Waals surface area contributed by atoms with Crippen molar-refractivity contribution < 1.29 is 14.0 Å². The highest BCUT2D eigenvalue weighted by atomic mass is 19.1. The molecule has 1 atom stereocenters. The molecule has 0 spiro atoms. The Morgan fingerprint density at radius 3 is 2.62 bits per heavy atom. The zero-order valence-corrected chi connectivity index (χ0v) is 15.2.